The van der Waals surface area contributed by atoms with Crippen molar-refractivity contribution in [1.82, 2.24) is 0 Å². The molecule has 0 fully saturated rings. The molecule has 0 aromatic heterocycles. The molecule has 0 bridgehead atoms. The Bertz CT molecular complexity index is 347. The smallest absolute Gasteiger partial charge is 0.311 e. The third-order valence-corrected chi connectivity index (χ3v) is 2.53. The van der Waals surface area contributed by atoms with Crippen molar-refractivity contribution in [1.29, 1.82) is 0 Å². The highest BCUT2D eigenvalue weighted by Crippen LogP contribution is 2.18. The summed E-state index contributed by atoms with van der Waals surface area (Å²) in [6.45, 7) is 2.16. The SMILES string of the molecule is CCCCCCCC(=O)Oc1cccc(O)c1. The molecule has 0 aliphatic rings. The molecule has 0 saturated carbocycles. The Morgan fingerprint density at radius 1 is 1.24 bits per heavy atom. The molecular formula is C14H20O3. The van der Waals surface area contributed by atoms with Crippen LogP contribution in [0, 0.1) is 0 Å². The molecule has 0 spiro atoms. The Morgan fingerprint density at radius 3 is 2.71 bits per heavy atom. The number of aromatic hydroxyl groups is 1. The molecule has 0 atom stereocenters. The number of hydrogen-bond acceptors (Lipinski definition) is 3. The van der Waals surface area contributed by atoms with Gasteiger partial charge in [0.25, 0.3) is 0 Å². The van der Waals surface area contributed by atoms with Crippen molar-refractivity contribution in [3.8, 4) is 11.5 Å². The number of carbonyl (C=O) groups is 1. The number of rotatable bonds is 7. The van der Waals surface area contributed by atoms with Crippen LogP contribution in [0.3, 0.4) is 0 Å². The van der Waals surface area contributed by atoms with Crippen LogP contribution in [-0.2, 0) is 4.79 Å². The fourth-order valence-electron chi connectivity index (χ4n) is 1.60. The number of phenols is 1. The Morgan fingerprint density at radius 2 is 2.00 bits per heavy atom. The molecule has 0 unspecified atom stereocenters. The first kappa shape index (κ1) is 13.6. The van der Waals surface area contributed by atoms with E-state index in [0.29, 0.717) is 12.2 Å². The summed E-state index contributed by atoms with van der Waals surface area (Å²) in [4.78, 5) is 11.5. The van der Waals surface area contributed by atoms with Gasteiger partial charge in [-0.15, -0.1) is 0 Å². The average molecular weight is 236 g/mol. The molecule has 0 heterocycles. The van der Waals surface area contributed by atoms with Gasteiger partial charge in [-0.25, -0.2) is 0 Å². The van der Waals surface area contributed by atoms with E-state index >= 15 is 0 Å². The number of carbonyl (C=O) groups excluding carboxylic acids is 1. The van der Waals surface area contributed by atoms with E-state index in [4.69, 9.17) is 4.74 Å². The minimum atomic E-state index is -0.230. The molecule has 17 heavy (non-hydrogen) atoms. The summed E-state index contributed by atoms with van der Waals surface area (Å²) in [7, 11) is 0. The standard InChI is InChI=1S/C14H20O3/c1-2-3-4-5-6-10-14(16)17-13-9-7-8-12(15)11-13/h7-9,11,15H,2-6,10H2,1H3. The van der Waals surface area contributed by atoms with Gasteiger partial charge in [0.15, 0.2) is 0 Å². The van der Waals surface area contributed by atoms with Gasteiger partial charge < -0.3 is 9.84 Å². The maximum absolute atomic E-state index is 11.5. The fraction of sp³-hybridized carbons (Fsp3) is 0.500. The van der Waals surface area contributed by atoms with Gasteiger partial charge >= 0.3 is 5.97 Å². The van der Waals surface area contributed by atoms with Gasteiger partial charge in [0, 0.05) is 12.5 Å². The van der Waals surface area contributed by atoms with E-state index in [1.54, 1.807) is 18.2 Å². The Balaban J connectivity index is 2.21. The number of benzene rings is 1. The topological polar surface area (TPSA) is 46.5 Å². The van der Waals surface area contributed by atoms with E-state index in [1.807, 2.05) is 0 Å². The van der Waals surface area contributed by atoms with Crippen molar-refractivity contribution in [2.45, 2.75) is 45.4 Å². The first-order valence-corrected chi connectivity index (χ1v) is 6.22. The first-order valence-electron chi connectivity index (χ1n) is 6.22. The highest BCUT2D eigenvalue weighted by molar-refractivity contribution is 5.72. The Labute approximate surface area is 102 Å². The van der Waals surface area contributed by atoms with Crippen molar-refractivity contribution < 1.29 is 14.6 Å². The average Bonchev–Trinajstić information content (AvgIpc) is 2.29. The molecule has 1 N–H and O–H groups in total. The first-order chi connectivity index (χ1) is 8.22. The minimum Gasteiger partial charge on any atom is -0.508 e. The second-order valence-corrected chi connectivity index (χ2v) is 4.14. The molecule has 1 aromatic rings. The Hall–Kier alpha value is -1.51. The zero-order valence-corrected chi connectivity index (χ0v) is 10.3. The van der Waals surface area contributed by atoms with Gasteiger partial charge in [-0.2, -0.15) is 0 Å². The van der Waals surface area contributed by atoms with Crippen LogP contribution in [0.25, 0.3) is 0 Å². The van der Waals surface area contributed by atoms with Gasteiger partial charge in [-0.05, 0) is 18.6 Å². The third kappa shape index (κ3) is 5.95. The largest absolute Gasteiger partial charge is 0.508 e. The van der Waals surface area contributed by atoms with Crippen LogP contribution < -0.4 is 4.74 Å². The maximum Gasteiger partial charge on any atom is 0.311 e. The summed E-state index contributed by atoms with van der Waals surface area (Å²) in [5.41, 5.74) is 0. The lowest BCUT2D eigenvalue weighted by atomic mass is 10.1. The molecule has 0 saturated heterocycles. The van der Waals surface area contributed by atoms with E-state index in [0.717, 1.165) is 12.8 Å². The number of ether oxygens (including phenoxy) is 1. The second kappa shape index (κ2) is 7.71. The van der Waals surface area contributed by atoms with E-state index in [2.05, 4.69) is 6.92 Å². The van der Waals surface area contributed by atoms with Crippen LogP contribution >= 0.6 is 0 Å². The molecule has 1 rings (SSSR count). The van der Waals surface area contributed by atoms with Crippen LogP contribution in [0.15, 0.2) is 24.3 Å². The summed E-state index contributed by atoms with van der Waals surface area (Å²) in [5.74, 6) is 0.286. The molecule has 0 radical (unpaired) electrons. The molecule has 0 aliphatic carbocycles. The van der Waals surface area contributed by atoms with E-state index in [-0.39, 0.29) is 11.7 Å². The molecule has 3 heteroatoms. The fourth-order valence-corrected chi connectivity index (χ4v) is 1.60. The zero-order valence-electron chi connectivity index (χ0n) is 10.3. The van der Waals surface area contributed by atoms with Gasteiger partial charge in [0.1, 0.15) is 11.5 Å². The van der Waals surface area contributed by atoms with E-state index in [1.165, 1.54) is 25.3 Å². The number of esters is 1. The Kier molecular flexibility index (Phi) is 6.15. The quantitative estimate of drug-likeness (QED) is 0.446. The molecule has 3 nitrogen and oxygen atoms in total. The van der Waals surface area contributed by atoms with Crippen molar-refractivity contribution >= 4 is 5.97 Å². The normalized spacial score (nSPS) is 10.2. The molecule has 94 valence electrons. The van der Waals surface area contributed by atoms with Gasteiger partial charge in [0.2, 0.25) is 0 Å². The maximum atomic E-state index is 11.5. The number of hydrogen-bond donors (Lipinski definition) is 1. The predicted molar refractivity (Wildman–Crippen MR) is 67.1 cm³/mol. The molecular weight excluding hydrogens is 216 g/mol. The molecule has 0 amide bonds. The predicted octanol–water partition coefficient (Wildman–Crippen LogP) is 3.66. The van der Waals surface area contributed by atoms with E-state index in [9.17, 15) is 9.90 Å². The van der Waals surface area contributed by atoms with Crippen molar-refractivity contribution in [3.05, 3.63) is 24.3 Å². The van der Waals surface area contributed by atoms with Gasteiger partial charge in [-0.3, -0.25) is 4.79 Å². The molecule has 0 aliphatic heterocycles. The van der Waals surface area contributed by atoms with Crippen LogP contribution in [0.2, 0.25) is 0 Å². The molecule has 1 aromatic carbocycles. The summed E-state index contributed by atoms with van der Waals surface area (Å²) in [5, 5.41) is 9.21. The van der Waals surface area contributed by atoms with Crippen molar-refractivity contribution in [2.75, 3.05) is 0 Å². The third-order valence-electron chi connectivity index (χ3n) is 2.53. The van der Waals surface area contributed by atoms with Crippen molar-refractivity contribution in [3.63, 3.8) is 0 Å². The van der Waals surface area contributed by atoms with Crippen LogP contribution in [0.4, 0.5) is 0 Å². The number of unbranched alkanes of at least 4 members (excludes halogenated alkanes) is 4. The van der Waals surface area contributed by atoms with Gasteiger partial charge in [0.05, 0.1) is 0 Å². The van der Waals surface area contributed by atoms with Crippen LogP contribution in [0.5, 0.6) is 11.5 Å². The highest BCUT2D eigenvalue weighted by atomic mass is 16.5. The summed E-state index contributed by atoms with van der Waals surface area (Å²) in [6.07, 6.45) is 5.99. The summed E-state index contributed by atoms with van der Waals surface area (Å²) < 4.78 is 5.10. The highest BCUT2D eigenvalue weighted by Gasteiger charge is 2.04. The lowest BCUT2D eigenvalue weighted by Gasteiger charge is -2.04. The monoisotopic (exact) mass is 236 g/mol. The van der Waals surface area contributed by atoms with Gasteiger partial charge in [-0.1, -0.05) is 38.7 Å². The lowest BCUT2D eigenvalue weighted by molar-refractivity contribution is -0.134. The number of phenolic OH excluding ortho intramolecular Hbond substituents is 1. The summed E-state index contributed by atoms with van der Waals surface area (Å²) in [6, 6.07) is 6.30. The second-order valence-electron chi connectivity index (χ2n) is 4.14. The van der Waals surface area contributed by atoms with E-state index < -0.39 is 0 Å². The minimum absolute atomic E-state index is 0.109. The lowest BCUT2D eigenvalue weighted by Crippen LogP contribution is -2.07. The van der Waals surface area contributed by atoms with Crippen molar-refractivity contribution in [2.24, 2.45) is 0 Å². The van der Waals surface area contributed by atoms with Crippen LogP contribution in [-0.4, -0.2) is 11.1 Å². The summed E-state index contributed by atoms with van der Waals surface area (Å²) >= 11 is 0. The van der Waals surface area contributed by atoms with Crippen LogP contribution in [0.1, 0.15) is 45.4 Å². The zero-order chi connectivity index (χ0) is 12.5.